The van der Waals surface area contributed by atoms with Crippen LogP contribution in [0.2, 0.25) is 0 Å². The Balaban J connectivity index is 2.25. The van der Waals surface area contributed by atoms with Crippen LogP contribution in [0.15, 0.2) is 41.4 Å². The first-order chi connectivity index (χ1) is 10.5. The van der Waals surface area contributed by atoms with Gasteiger partial charge in [0.1, 0.15) is 17.3 Å². The molecule has 0 spiro atoms. The smallest absolute Gasteiger partial charge is 0.251 e. The first-order valence-electron chi connectivity index (χ1n) is 6.60. The van der Waals surface area contributed by atoms with Crippen LogP contribution in [0.25, 0.3) is 0 Å². The molecule has 0 saturated heterocycles. The van der Waals surface area contributed by atoms with Gasteiger partial charge in [0.15, 0.2) is 0 Å². The zero-order chi connectivity index (χ0) is 16.1. The van der Waals surface area contributed by atoms with Gasteiger partial charge in [0.05, 0.1) is 17.9 Å². The fourth-order valence-electron chi connectivity index (χ4n) is 1.82. The average molecular weight is 302 g/mol. The molecule has 1 amide bonds. The number of hydrogen-bond donors (Lipinski definition) is 2. The number of aromatic hydroxyl groups is 1. The van der Waals surface area contributed by atoms with E-state index in [0.29, 0.717) is 23.6 Å². The molecule has 0 unspecified atom stereocenters. The van der Waals surface area contributed by atoms with Gasteiger partial charge in [-0.3, -0.25) is 9.79 Å². The van der Waals surface area contributed by atoms with Crippen molar-refractivity contribution in [2.24, 2.45) is 10.7 Å². The highest BCUT2D eigenvalue weighted by Gasteiger charge is 2.08. The van der Waals surface area contributed by atoms with Crippen LogP contribution in [0.3, 0.4) is 0 Å². The largest absolute Gasteiger partial charge is 0.507 e. The van der Waals surface area contributed by atoms with Crippen molar-refractivity contribution >= 4 is 17.8 Å². The Hall–Kier alpha value is -2.89. The zero-order valence-corrected chi connectivity index (χ0v) is 11.9. The third-order valence-corrected chi connectivity index (χ3v) is 2.88. The third-order valence-electron chi connectivity index (χ3n) is 2.88. The maximum atomic E-state index is 13.4. The topological polar surface area (TPSA) is 84.9 Å². The van der Waals surface area contributed by atoms with E-state index in [2.05, 4.69) is 4.99 Å². The van der Waals surface area contributed by atoms with E-state index in [1.807, 2.05) is 6.92 Å². The summed E-state index contributed by atoms with van der Waals surface area (Å²) in [5.74, 6) is -1.00. The van der Waals surface area contributed by atoms with E-state index >= 15 is 0 Å². The van der Waals surface area contributed by atoms with E-state index in [4.69, 9.17) is 10.5 Å². The van der Waals surface area contributed by atoms with Gasteiger partial charge in [-0.15, -0.1) is 0 Å². The molecule has 6 heteroatoms. The molecule has 2 aromatic carbocycles. The number of rotatable bonds is 5. The number of ether oxygens (including phenoxy) is 1. The van der Waals surface area contributed by atoms with Gasteiger partial charge < -0.3 is 15.6 Å². The van der Waals surface area contributed by atoms with Crippen molar-refractivity contribution in [3.63, 3.8) is 0 Å². The minimum atomic E-state index is -0.863. The summed E-state index contributed by atoms with van der Waals surface area (Å²) >= 11 is 0. The number of nitrogens with zero attached hydrogens (tertiary/aromatic N) is 1. The highest BCUT2D eigenvalue weighted by molar-refractivity contribution is 5.94. The van der Waals surface area contributed by atoms with Crippen molar-refractivity contribution in [2.75, 3.05) is 6.61 Å². The number of halogens is 1. The maximum absolute atomic E-state index is 13.4. The molecule has 0 heterocycles. The highest BCUT2D eigenvalue weighted by Crippen LogP contribution is 2.23. The summed E-state index contributed by atoms with van der Waals surface area (Å²) in [4.78, 5) is 15.2. The molecule has 2 aromatic rings. The molecule has 0 fully saturated rings. The number of aliphatic imine (C=N–C) groups is 1. The highest BCUT2D eigenvalue weighted by atomic mass is 19.1. The molecule has 22 heavy (non-hydrogen) atoms. The lowest BCUT2D eigenvalue weighted by molar-refractivity contribution is 0.0996. The van der Waals surface area contributed by atoms with Crippen LogP contribution in [0, 0.1) is 5.82 Å². The van der Waals surface area contributed by atoms with E-state index in [9.17, 15) is 14.3 Å². The van der Waals surface area contributed by atoms with Crippen LogP contribution >= 0.6 is 0 Å². The zero-order valence-electron chi connectivity index (χ0n) is 11.9. The normalized spacial score (nSPS) is 10.8. The molecule has 0 aliphatic rings. The molecular formula is C16H15FN2O3. The molecule has 5 nitrogen and oxygen atoms in total. The quantitative estimate of drug-likeness (QED) is 0.833. The van der Waals surface area contributed by atoms with Crippen molar-refractivity contribution in [1.82, 2.24) is 0 Å². The minimum absolute atomic E-state index is 0.00642. The molecule has 2 rings (SSSR count). The first-order valence-corrected chi connectivity index (χ1v) is 6.60. The number of benzene rings is 2. The molecule has 0 saturated carbocycles. The molecule has 0 aliphatic carbocycles. The SMILES string of the molecule is CCOc1ccc(C=Nc2ccc(F)c(C(N)=O)c2)c(O)c1. The van der Waals surface area contributed by atoms with Gasteiger partial charge in [-0.2, -0.15) is 0 Å². The summed E-state index contributed by atoms with van der Waals surface area (Å²) in [6, 6.07) is 8.59. The minimum Gasteiger partial charge on any atom is -0.507 e. The monoisotopic (exact) mass is 302 g/mol. The lowest BCUT2D eigenvalue weighted by atomic mass is 10.1. The van der Waals surface area contributed by atoms with Crippen LogP contribution < -0.4 is 10.5 Å². The first kappa shape index (κ1) is 15.5. The number of carbonyl (C=O) groups excluding carboxylic acids is 1. The second-order valence-electron chi connectivity index (χ2n) is 4.44. The lowest BCUT2D eigenvalue weighted by Gasteiger charge is -2.05. The van der Waals surface area contributed by atoms with Gasteiger partial charge in [0, 0.05) is 17.8 Å². The summed E-state index contributed by atoms with van der Waals surface area (Å²) in [7, 11) is 0. The van der Waals surface area contributed by atoms with Crippen LogP contribution in [-0.2, 0) is 0 Å². The van der Waals surface area contributed by atoms with Gasteiger partial charge >= 0.3 is 0 Å². The number of amides is 1. The van der Waals surface area contributed by atoms with E-state index < -0.39 is 11.7 Å². The number of nitrogens with two attached hydrogens (primary N) is 1. The molecule has 114 valence electrons. The second-order valence-corrected chi connectivity index (χ2v) is 4.44. The number of primary amides is 1. The van der Waals surface area contributed by atoms with Crippen molar-refractivity contribution < 1.29 is 19.0 Å². The molecule has 0 aromatic heterocycles. The molecule has 0 aliphatic heterocycles. The van der Waals surface area contributed by atoms with Crippen LogP contribution in [0.4, 0.5) is 10.1 Å². The third kappa shape index (κ3) is 3.60. The van der Waals surface area contributed by atoms with Crippen LogP contribution in [0.1, 0.15) is 22.8 Å². The summed E-state index contributed by atoms with van der Waals surface area (Å²) in [6.07, 6.45) is 1.41. The van der Waals surface area contributed by atoms with Gasteiger partial charge in [-0.05, 0) is 37.3 Å². The standard InChI is InChI=1S/C16H15FN2O3/c1-2-22-12-5-3-10(15(20)8-12)9-19-11-4-6-14(17)13(7-11)16(18)21/h3-9,20H,2H2,1H3,(H2,18,21). The molecule has 0 radical (unpaired) electrons. The average Bonchev–Trinajstić information content (AvgIpc) is 2.48. The Bertz CT molecular complexity index is 729. The van der Waals surface area contributed by atoms with Gasteiger partial charge in [0.25, 0.3) is 5.91 Å². The molecule has 0 bridgehead atoms. The Morgan fingerprint density at radius 1 is 1.36 bits per heavy atom. The summed E-state index contributed by atoms with van der Waals surface area (Å²) in [5.41, 5.74) is 5.66. The summed E-state index contributed by atoms with van der Waals surface area (Å²) in [6.45, 7) is 2.34. The van der Waals surface area contributed by atoms with E-state index in [-0.39, 0.29) is 11.3 Å². The molecular weight excluding hydrogens is 287 g/mol. The van der Waals surface area contributed by atoms with Crippen LogP contribution in [0.5, 0.6) is 11.5 Å². The Morgan fingerprint density at radius 3 is 2.77 bits per heavy atom. The fraction of sp³-hybridized carbons (Fsp3) is 0.125. The van der Waals surface area contributed by atoms with Crippen molar-refractivity contribution in [1.29, 1.82) is 0 Å². The number of carbonyl (C=O) groups is 1. The lowest BCUT2D eigenvalue weighted by Crippen LogP contribution is -2.12. The Kier molecular flexibility index (Phi) is 4.73. The number of phenolic OH excluding ortho intramolecular Hbond substituents is 1. The van der Waals surface area contributed by atoms with Gasteiger partial charge in [-0.1, -0.05) is 0 Å². The van der Waals surface area contributed by atoms with Crippen molar-refractivity contribution in [3.05, 3.63) is 53.3 Å². The van der Waals surface area contributed by atoms with E-state index in [1.165, 1.54) is 24.4 Å². The predicted octanol–water partition coefficient (Wildman–Crippen LogP) is 2.78. The Labute approximate surface area is 126 Å². The molecule has 3 N–H and O–H groups in total. The summed E-state index contributed by atoms with van der Waals surface area (Å²) in [5, 5.41) is 9.88. The van der Waals surface area contributed by atoms with Crippen molar-refractivity contribution in [2.45, 2.75) is 6.92 Å². The van der Waals surface area contributed by atoms with Gasteiger partial charge in [0.2, 0.25) is 0 Å². The maximum Gasteiger partial charge on any atom is 0.251 e. The van der Waals surface area contributed by atoms with Gasteiger partial charge in [-0.25, -0.2) is 4.39 Å². The number of phenols is 1. The van der Waals surface area contributed by atoms with Crippen molar-refractivity contribution in [3.8, 4) is 11.5 Å². The second kappa shape index (κ2) is 6.71. The van der Waals surface area contributed by atoms with Crippen LogP contribution in [-0.4, -0.2) is 23.8 Å². The fourth-order valence-corrected chi connectivity index (χ4v) is 1.82. The van der Waals surface area contributed by atoms with E-state index in [1.54, 1.807) is 12.1 Å². The molecule has 0 atom stereocenters. The van der Waals surface area contributed by atoms with E-state index in [0.717, 1.165) is 6.07 Å². The Morgan fingerprint density at radius 2 is 2.14 bits per heavy atom. The predicted molar refractivity (Wildman–Crippen MR) is 81.4 cm³/mol. The summed E-state index contributed by atoms with van der Waals surface area (Å²) < 4.78 is 18.6. The number of hydrogen-bond acceptors (Lipinski definition) is 4.